The summed E-state index contributed by atoms with van der Waals surface area (Å²) < 4.78 is 47.9. The molecule has 0 aliphatic rings. The molecule has 0 aromatic heterocycles. The molecule has 0 radical (unpaired) electrons. The van der Waals surface area contributed by atoms with Gasteiger partial charge in [0, 0.05) is 10.6 Å². The summed E-state index contributed by atoms with van der Waals surface area (Å²) >= 11 is 0.395. The van der Waals surface area contributed by atoms with Gasteiger partial charge in [-0.05, 0) is 62.4 Å². The Labute approximate surface area is 164 Å². The van der Waals surface area contributed by atoms with E-state index in [0.29, 0.717) is 22.3 Å². The molecule has 0 bridgehead atoms. The van der Waals surface area contributed by atoms with E-state index >= 15 is 0 Å². The van der Waals surface area contributed by atoms with Gasteiger partial charge in [0.25, 0.3) is 11.7 Å². The highest BCUT2D eigenvalue weighted by Gasteiger charge is 2.23. The molecule has 0 fully saturated rings. The van der Waals surface area contributed by atoms with Gasteiger partial charge in [-0.3, -0.25) is 4.79 Å². The number of nitrogens with one attached hydrogen (secondary N) is 1. The standard InChI is InChI=1S/C19H18F3NO4S/c1-11(17(24)23-14-5-9-16(10-6-14)28-19(21)22)27-18(25)12(2)26-15-7-3-13(20)4-8-15/h3-12,19H,1-2H3,(H,23,24)/t11-,12-/m0/s1. The maximum absolute atomic E-state index is 12.9. The fourth-order valence-corrected chi connectivity index (χ4v) is 2.55. The van der Waals surface area contributed by atoms with Crippen molar-refractivity contribution in [2.75, 3.05) is 5.32 Å². The number of anilines is 1. The van der Waals surface area contributed by atoms with Crippen LogP contribution in [0.15, 0.2) is 53.4 Å². The van der Waals surface area contributed by atoms with Gasteiger partial charge >= 0.3 is 5.97 Å². The van der Waals surface area contributed by atoms with Gasteiger partial charge in [0.05, 0.1) is 0 Å². The van der Waals surface area contributed by atoms with Gasteiger partial charge < -0.3 is 14.8 Å². The molecule has 9 heteroatoms. The lowest BCUT2D eigenvalue weighted by Gasteiger charge is -2.18. The van der Waals surface area contributed by atoms with Crippen molar-refractivity contribution in [1.29, 1.82) is 0 Å². The molecule has 2 atom stereocenters. The monoisotopic (exact) mass is 413 g/mol. The van der Waals surface area contributed by atoms with Gasteiger partial charge in [0.1, 0.15) is 11.6 Å². The van der Waals surface area contributed by atoms with Gasteiger partial charge in [0.2, 0.25) is 0 Å². The summed E-state index contributed by atoms with van der Waals surface area (Å²) in [4.78, 5) is 24.5. The number of thioether (sulfide) groups is 1. The Balaban J connectivity index is 1.85. The molecule has 0 unspecified atom stereocenters. The van der Waals surface area contributed by atoms with Gasteiger partial charge in [0.15, 0.2) is 12.2 Å². The molecule has 0 heterocycles. The lowest BCUT2D eigenvalue weighted by atomic mass is 10.3. The zero-order chi connectivity index (χ0) is 20.7. The average Bonchev–Trinajstić information content (AvgIpc) is 2.64. The summed E-state index contributed by atoms with van der Waals surface area (Å²) in [5.41, 5.74) is 0.377. The lowest BCUT2D eigenvalue weighted by Crippen LogP contribution is -2.35. The fourth-order valence-electron chi connectivity index (χ4n) is 2.05. The van der Waals surface area contributed by atoms with Crippen LogP contribution in [0.4, 0.5) is 18.9 Å². The van der Waals surface area contributed by atoms with E-state index in [2.05, 4.69) is 5.32 Å². The quantitative estimate of drug-likeness (QED) is 0.511. The van der Waals surface area contributed by atoms with Crippen molar-refractivity contribution in [2.45, 2.75) is 36.7 Å². The summed E-state index contributed by atoms with van der Waals surface area (Å²) in [7, 11) is 0. The van der Waals surface area contributed by atoms with Crippen LogP contribution in [0.25, 0.3) is 0 Å². The van der Waals surface area contributed by atoms with E-state index in [4.69, 9.17) is 9.47 Å². The largest absolute Gasteiger partial charge is 0.479 e. The highest BCUT2D eigenvalue weighted by molar-refractivity contribution is 7.99. The van der Waals surface area contributed by atoms with Crippen molar-refractivity contribution in [2.24, 2.45) is 0 Å². The van der Waals surface area contributed by atoms with Crippen LogP contribution < -0.4 is 10.1 Å². The molecule has 0 spiro atoms. The minimum Gasteiger partial charge on any atom is -0.479 e. The zero-order valence-electron chi connectivity index (χ0n) is 15.0. The van der Waals surface area contributed by atoms with Gasteiger partial charge in [-0.25, -0.2) is 9.18 Å². The van der Waals surface area contributed by atoms with Crippen LogP contribution in [0, 0.1) is 5.82 Å². The highest BCUT2D eigenvalue weighted by atomic mass is 32.2. The second kappa shape index (κ2) is 10.0. The number of carbonyl (C=O) groups is 2. The van der Waals surface area contributed by atoms with Crippen LogP contribution in [0.5, 0.6) is 5.75 Å². The first-order valence-electron chi connectivity index (χ1n) is 8.23. The Morgan fingerprint density at radius 2 is 1.57 bits per heavy atom. The first kappa shape index (κ1) is 21.6. The number of hydrogen-bond donors (Lipinski definition) is 1. The minimum atomic E-state index is -2.53. The highest BCUT2D eigenvalue weighted by Crippen LogP contribution is 2.26. The van der Waals surface area contributed by atoms with Gasteiger partial charge in [-0.15, -0.1) is 0 Å². The van der Waals surface area contributed by atoms with Crippen LogP contribution >= 0.6 is 11.8 Å². The van der Waals surface area contributed by atoms with E-state index in [1.807, 2.05) is 0 Å². The topological polar surface area (TPSA) is 64.6 Å². The number of ether oxygens (including phenoxy) is 2. The average molecular weight is 413 g/mol. The van der Waals surface area contributed by atoms with Crippen LogP contribution in [0.1, 0.15) is 13.8 Å². The Morgan fingerprint density at radius 1 is 0.964 bits per heavy atom. The molecule has 1 amide bonds. The van der Waals surface area contributed by atoms with E-state index in [9.17, 15) is 22.8 Å². The van der Waals surface area contributed by atoms with Crippen LogP contribution in [0.2, 0.25) is 0 Å². The van der Waals surface area contributed by atoms with Crippen molar-refractivity contribution in [3.63, 3.8) is 0 Å². The second-order valence-corrected chi connectivity index (χ2v) is 6.75. The molecule has 5 nitrogen and oxygen atoms in total. The van der Waals surface area contributed by atoms with Crippen LogP contribution in [-0.4, -0.2) is 29.8 Å². The number of hydrogen-bond acceptors (Lipinski definition) is 5. The first-order chi connectivity index (χ1) is 13.2. The van der Waals surface area contributed by atoms with Crippen LogP contribution in [-0.2, 0) is 14.3 Å². The maximum Gasteiger partial charge on any atom is 0.347 e. The molecule has 2 aromatic carbocycles. The summed E-state index contributed by atoms with van der Waals surface area (Å²) in [6, 6.07) is 10.9. The van der Waals surface area contributed by atoms with Crippen molar-refractivity contribution in [3.05, 3.63) is 54.3 Å². The number of esters is 1. The van der Waals surface area contributed by atoms with E-state index in [-0.39, 0.29) is 5.75 Å². The van der Waals surface area contributed by atoms with Gasteiger partial charge in [-0.2, -0.15) is 8.78 Å². The Bertz CT molecular complexity index is 800. The van der Waals surface area contributed by atoms with E-state index in [1.54, 1.807) is 0 Å². The number of halogens is 3. The lowest BCUT2D eigenvalue weighted by molar-refractivity contribution is -0.159. The minimum absolute atomic E-state index is 0.282. The Morgan fingerprint density at radius 3 is 2.14 bits per heavy atom. The maximum atomic E-state index is 12.9. The van der Waals surface area contributed by atoms with Crippen LogP contribution in [0.3, 0.4) is 0 Å². The molecule has 0 saturated carbocycles. The SMILES string of the molecule is C[C@H](OC(=O)[C@H](C)Oc1ccc(F)cc1)C(=O)Nc1ccc(SC(F)F)cc1. The number of rotatable bonds is 8. The molecule has 150 valence electrons. The summed E-state index contributed by atoms with van der Waals surface area (Å²) in [6.45, 7) is 2.83. The summed E-state index contributed by atoms with van der Waals surface area (Å²) in [6.07, 6.45) is -2.12. The summed E-state index contributed by atoms with van der Waals surface area (Å²) in [5, 5.41) is 2.53. The first-order valence-corrected chi connectivity index (χ1v) is 9.11. The number of benzene rings is 2. The van der Waals surface area contributed by atoms with E-state index in [1.165, 1.54) is 62.4 Å². The third kappa shape index (κ3) is 6.80. The summed E-state index contributed by atoms with van der Waals surface area (Å²) in [5.74, 6) is -4.04. The molecule has 2 rings (SSSR count). The molecular formula is C19H18F3NO4S. The van der Waals surface area contributed by atoms with Crippen molar-refractivity contribution >= 4 is 29.3 Å². The predicted molar refractivity (Wildman–Crippen MR) is 99.0 cm³/mol. The third-order valence-electron chi connectivity index (χ3n) is 3.47. The molecule has 2 aromatic rings. The van der Waals surface area contributed by atoms with Crippen molar-refractivity contribution < 1.29 is 32.2 Å². The molecule has 28 heavy (non-hydrogen) atoms. The zero-order valence-corrected chi connectivity index (χ0v) is 15.8. The molecule has 0 aliphatic heterocycles. The second-order valence-electron chi connectivity index (χ2n) is 5.69. The molecule has 0 aliphatic carbocycles. The number of carbonyl (C=O) groups excluding carboxylic acids is 2. The number of amides is 1. The van der Waals surface area contributed by atoms with Crippen molar-refractivity contribution in [1.82, 2.24) is 0 Å². The van der Waals surface area contributed by atoms with E-state index in [0.717, 1.165) is 0 Å². The smallest absolute Gasteiger partial charge is 0.347 e. The molecular weight excluding hydrogens is 395 g/mol. The fraction of sp³-hybridized carbons (Fsp3) is 0.263. The predicted octanol–water partition coefficient (Wildman–Crippen LogP) is 4.48. The normalized spacial score (nSPS) is 12.9. The number of alkyl halides is 2. The molecule has 1 N–H and O–H groups in total. The molecule has 0 saturated heterocycles. The third-order valence-corrected chi connectivity index (χ3v) is 4.19. The Kier molecular flexibility index (Phi) is 7.74. The van der Waals surface area contributed by atoms with E-state index < -0.39 is 35.7 Å². The Hall–Kier alpha value is -2.68. The van der Waals surface area contributed by atoms with Gasteiger partial charge in [-0.1, -0.05) is 11.8 Å². The van der Waals surface area contributed by atoms with Crippen molar-refractivity contribution in [3.8, 4) is 5.75 Å².